The molecule has 1 aromatic carbocycles. The van der Waals surface area contributed by atoms with Gasteiger partial charge in [-0.25, -0.2) is 9.83 Å². The zero-order valence-corrected chi connectivity index (χ0v) is 23.7. The van der Waals surface area contributed by atoms with Gasteiger partial charge in [-0.05, 0) is 42.3 Å². The number of aromatic nitrogens is 2. The van der Waals surface area contributed by atoms with Crippen molar-refractivity contribution in [2.75, 3.05) is 39.8 Å². The average Bonchev–Trinajstić information content (AvgIpc) is 3.41. The van der Waals surface area contributed by atoms with E-state index in [1.54, 1.807) is 29.7 Å². The van der Waals surface area contributed by atoms with Gasteiger partial charge in [0.25, 0.3) is 0 Å². The molecular formula is C31H35N5O2S. The summed E-state index contributed by atoms with van der Waals surface area (Å²) < 4.78 is 0. The van der Waals surface area contributed by atoms with Crippen molar-refractivity contribution in [1.82, 2.24) is 19.8 Å². The second-order valence-corrected chi connectivity index (χ2v) is 11.2. The van der Waals surface area contributed by atoms with Gasteiger partial charge in [0.05, 0.1) is 18.7 Å². The van der Waals surface area contributed by atoms with Crippen molar-refractivity contribution in [3.63, 3.8) is 0 Å². The van der Waals surface area contributed by atoms with E-state index >= 15 is 0 Å². The highest BCUT2D eigenvalue weighted by Crippen LogP contribution is 2.29. The van der Waals surface area contributed by atoms with Crippen molar-refractivity contribution < 1.29 is 9.59 Å². The molecule has 8 heteroatoms. The SMILES string of the molecule is [C-]#[N+]c1cc(-c2cccc([C@H](C)C(=O)Cc3ncc(CC)s3)c2)cnc1CC(=O)/C=C/CN1CCN(C)CC1. The molecule has 0 spiro atoms. The Balaban J connectivity index is 1.40. The topological polar surface area (TPSA) is 70.8 Å². The zero-order valence-electron chi connectivity index (χ0n) is 22.9. The summed E-state index contributed by atoms with van der Waals surface area (Å²) in [6, 6.07) is 9.59. The van der Waals surface area contributed by atoms with Crippen LogP contribution in [0.5, 0.6) is 0 Å². The molecule has 1 saturated heterocycles. The Morgan fingerprint density at radius 2 is 1.90 bits per heavy atom. The van der Waals surface area contributed by atoms with Crippen molar-refractivity contribution >= 4 is 28.6 Å². The first-order valence-corrected chi connectivity index (χ1v) is 14.2. The summed E-state index contributed by atoms with van der Waals surface area (Å²) in [7, 11) is 2.12. The number of nitrogens with zero attached hydrogens (tertiary/aromatic N) is 5. The Hall–Kier alpha value is -3.51. The zero-order chi connectivity index (χ0) is 27.8. The second-order valence-electron chi connectivity index (χ2n) is 10.0. The van der Waals surface area contributed by atoms with E-state index in [2.05, 4.69) is 38.6 Å². The molecule has 3 aromatic rings. The van der Waals surface area contributed by atoms with Crippen molar-refractivity contribution in [3.05, 3.63) is 87.4 Å². The monoisotopic (exact) mass is 541 g/mol. The Morgan fingerprint density at radius 1 is 1.10 bits per heavy atom. The molecule has 39 heavy (non-hydrogen) atoms. The van der Waals surface area contributed by atoms with E-state index in [-0.39, 0.29) is 23.9 Å². The minimum atomic E-state index is -0.276. The largest absolute Gasteiger partial charge is 0.304 e. The molecule has 7 nitrogen and oxygen atoms in total. The molecular weight excluding hydrogens is 506 g/mol. The van der Waals surface area contributed by atoms with E-state index in [0.717, 1.165) is 60.8 Å². The summed E-state index contributed by atoms with van der Waals surface area (Å²) in [6.07, 6.45) is 8.42. The molecule has 1 aliphatic rings. The van der Waals surface area contributed by atoms with E-state index < -0.39 is 0 Å². The summed E-state index contributed by atoms with van der Waals surface area (Å²) in [6.45, 7) is 16.5. The number of thiazole rings is 1. The fourth-order valence-corrected chi connectivity index (χ4v) is 5.40. The molecule has 0 unspecified atom stereocenters. The van der Waals surface area contributed by atoms with Gasteiger partial charge in [0.1, 0.15) is 10.8 Å². The Bertz CT molecular complexity index is 1380. The predicted molar refractivity (Wildman–Crippen MR) is 156 cm³/mol. The smallest absolute Gasteiger partial charge is 0.209 e. The van der Waals surface area contributed by atoms with Gasteiger partial charge in [-0.3, -0.25) is 19.5 Å². The minimum absolute atomic E-state index is 0.0603. The maximum Gasteiger partial charge on any atom is 0.209 e. The normalized spacial score (nSPS) is 15.3. The molecule has 0 saturated carbocycles. The fraction of sp³-hybridized carbons (Fsp3) is 0.387. The van der Waals surface area contributed by atoms with Crippen LogP contribution < -0.4 is 0 Å². The molecule has 0 N–H and O–H groups in total. The van der Waals surface area contributed by atoms with Crippen LogP contribution >= 0.6 is 11.3 Å². The number of Topliss-reactive ketones (excluding diaryl/α,β-unsaturated/α-hetero) is 1. The van der Waals surface area contributed by atoms with Crippen LogP contribution in [0.25, 0.3) is 16.0 Å². The number of hydrogen-bond donors (Lipinski definition) is 0. The minimum Gasteiger partial charge on any atom is -0.304 e. The van der Waals surface area contributed by atoms with Crippen LogP contribution in [-0.2, 0) is 28.9 Å². The molecule has 1 fully saturated rings. The number of benzene rings is 1. The highest BCUT2D eigenvalue weighted by molar-refractivity contribution is 7.11. The first kappa shape index (κ1) is 28.5. The van der Waals surface area contributed by atoms with Crippen LogP contribution in [0, 0.1) is 6.57 Å². The third-order valence-electron chi connectivity index (χ3n) is 7.15. The van der Waals surface area contributed by atoms with Gasteiger partial charge >= 0.3 is 0 Å². The number of pyridine rings is 1. The van der Waals surface area contributed by atoms with Crippen LogP contribution in [0.4, 0.5) is 5.69 Å². The van der Waals surface area contributed by atoms with Gasteiger partial charge in [-0.15, -0.1) is 11.3 Å². The van der Waals surface area contributed by atoms with Crippen molar-refractivity contribution in [2.45, 2.75) is 39.0 Å². The first-order chi connectivity index (χ1) is 18.9. The maximum atomic E-state index is 13.0. The van der Waals surface area contributed by atoms with E-state index in [9.17, 15) is 9.59 Å². The Kier molecular flexibility index (Phi) is 9.88. The van der Waals surface area contributed by atoms with E-state index in [1.807, 2.05) is 43.5 Å². The quantitative estimate of drug-likeness (QED) is 0.247. The van der Waals surface area contributed by atoms with Gasteiger partial charge < -0.3 is 4.90 Å². The molecule has 0 radical (unpaired) electrons. The van der Waals surface area contributed by atoms with E-state index in [4.69, 9.17) is 6.57 Å². The Morgan fingerprint density at radius 3 is 2.62 bits per heavy atom. The number of carbonyl (C=O) groups excluding carboxylic acids is 2. The number of rotatable bonds is 11. The van der Waals surface area contributed by atoms with Crippen LogP contribution in [0.2, 0.25) is 0 Å². The highest BCUT2D eigenvalue weighted by Gasteiger charge is 2.19. The molecule has 0 amide bonds. The summed E-state index contributed by atoms with van der Waals surface area (Å²) in [5.74, 6) is -0.213. The van der Waals surface area contributed by atoms with Crippen LogP contribution in [0.3, 0.4) is 0 Å². The number of ketones is 2. The number of carbonyl (C=O) groups is 2. The first-order valence-electron chi connectivity index (χ1n) is 13.4. The maximum absolute atomic E-state index is 13.0. The number of likely N-dealkylation sites (N-methyl/N-ethyl adjacent to an activating group) is 1. The summed E-state index contributed by atoms with van der Waals surface area (Å²) in [4.78, 5) is 43.9. The molecule has 1 aliphatic heterocycles. The molecule has 3 heterocycles. The lowest BCUT2D eigenvalue weighted by atomic mass is 9.92. The van der Waals surface area contributed by atoms with Crippen molar-refractivity contribution in [3.8, 4) is 11.1 Å². The van der Waals surface area contributed by atoms with Gasteiger partial charge in [0, 0.05) is 62.3 Å². The summed E-state index contributed by atoms with van der Waals surface area (Å²) in [5, 5.41) is 0.852. The van der Waals surface area contributed by atoms with Gasteiger partial charge in [-0.2, -0.15) is 0 Å². The molecule has 2 aromatic heterocycles. The standard InChI is InChI=1S/C31H35N5O2S/c1-5-27-21-34-31(39-27)19-30(38)22(2)23-8-6-9-24(16-23)25-17-28(32-3)29(33-20-25)18-26(37)10-7-11-36-14-12-35(4)13-15-36/h6-10,16-17,20-22H,5,11-15,18-19H2,1-2,4H3/b10-7+/t22-/m0/s1. The molecule has 0 aliphatic carbocycles. The molecule has 0 bridgehead atoms. The van der Waals surface area contributed by atoms with Gasteiger partial charge in [-0.1, -0.05) is 44.2 Å². The van der Waals surface area contributed by atoms with Crippen LogP contribution in [0.15, 0.2) is 54.9 Å². The molecule has 4 rings (SSSR count). The van der Waals surface area contributed by atoms with E-state index in [1.165, 1.54) is 4.88 Å². The summed E-state index contributed by atoms with van der Waals surface area (Å²) in [5.41, 5.74) is 3.45. The van der Waals surface area contributed by atoms with Crippen molar-refractivity contribution in [1.29, 1.82) is 0 Å². The fourth-order valence-electron chi connectivity index (χ4n) is 4.53. The number of allylic oxidation sites excluding steroid dienone is 1. The summed E-state index contributed by atoms with van der Waals surface area (Å²) >= 11 is 1.59. The number of piperazine rings is 1. The molecule has 1 atom stereocenters. The third kappa shape index (κ3) is 7.76. The molecule has 202 valence electrons. The Labute approximate surface area is 235 Å². The highest BCUT2D eigenvalue weighted by atomic mass is 32.1. The lowest BCUT2D eigenvalue weighted by Crippen LogP contribution is -2.44. The second kappa shape index (κ2) is 13.5. The van der Waals surface area contributed by atoms with Crippen LogP contribution in [-0.4, -0.2) is 71.1 Å². The number of aryl methyl sites for hydroxylation is 1. The number of hydrogen-bond acceptors (Lipinski definition) is 7. The third-order valence-corrected chi connectivity index (χ3v) is 8.29. The lowest BCUT2D eigenvalue weighted by Gasteiger charge is -2.31. The average molecular weight is 542 g/mol. The van der Waals surface area contributed by atoms with E-state index in [0.29, 0.717) is 17.8 Å². The van der Waals surface area contributed by atoms with Crippen molar-refractivity contribution in [2.24, 2.45) is 0 Å². The van der Waals surface area contributed by atoms with Gasteiger partial charge in [0.15, 0.2) is 5.78 Å². The predicted octanol–water partition coefficient (Wildman–Crippen LogP) is 5.15. The van der Waals surface area contributed by atoms with Crippen LogP contribution in [0.1, 0.15) is 40.9 Å². The van der Waals surface area contributed by atoms with Gasteiger partial charge in [0.2, 0.25) is 5.69 Å². The lowest BCUT2D eigenvalue weighted by molar-refractivity contribution is -0.119.